The first-order chi connectivity index (χ1) is 8.74. The van der Waals surface area contributed by atoms with E-state index in [1.54, 1.807) is 11.3 Å². The molecule has 2 heterocycles. The summed E-state index contributed by atoms with van der Waals surface area (Å²) in [7, 11) is 0. The average Bonchev–Trinajstić information content (AvgIpc) is 2.98. The van der Waals surface area contributed by atoms with Crippen LogP contribution in [-0.4, -0.2) is 12.5 Å². The van der Waals surface area contributed by atoms with Gasteiger partial charge in [-0.2, -0.15) is 0 Å². The summed E-state index contributed by atoms with van der Waals surface area (Å²) < 4.78 is 0.782. The highest BCUT2D eigenvalue weighted by Crippen LogP contribution is 2.21. The van der Waals surface area contributed by atoms with Crippen LogP contribution in [0.25, 0.3) is 0 Å². The van der Waals surface area contributed by atoms with Crippen molar-refractivity contribution >= 4 is 64.2 Å². The number of aliphatic imine (C=N–C) groups is 1. The topological polar surface area (TPSA) is 50.4 Å². The van der Waals surface area contributed by atoms with Gasteiger partial charge >= 0.3 is 0 Å². The first-order valence-corrected chi connectivity index (χ1v) is 7.62. The molecule has 0 unspecified atom stereocenters. The van der Waals surface area contributed by atoms with Crippen LogP contribution in [-0.2, 0) is 13.0 Å². The van der Waals surface area contributed by atoms with Crippen LogP contribution in [0.4, 0.5) is 0 Å². The third-order valence-corrected chi connectivity index (χ3v) is 4.44. The molecule has 0 radical (unpaired) electrons. The maximum absolute atomic E-state index is 5.84. The summed E-state index contributed by atoms with van der Waals surface area (Å²) in [5.41, 5.74) is 5.78. The predicted molar refractivity (Wildman–Crippen MR) is 96.1 cm³/mol. The largest absolute Gasteiger partial charge is 0.370 e. The van der Waals surface area contributed by atoms with Crippen LogP contribution in [0.5, 0.6) is 0 Å². The molecule has 0 aliphatic rings. The number of hydrogen-bond acceptors (Lipinski definition) is 3. The highest BCUT2D eigenvalue weighted by molar-refractivity contribution is 14.0. The second-order valence-corrected chi connectivity index (χ2v) is 6.50. The molecular formula is C12H15ClIN3S2. The summed E-state index contributed by atoms with van der Waals surface area (Å²) in [5.74, 6) is 0.482. The Morgan fingerprint density at radius 2 is 2.16 bits per heavy atom. The number of rotatable bonds is 5. The van der Waals surface area contributed by atoms with Crippen LogP contribution in [0, 0.1) is 0 Å². The van der Waals surface area contributed by atoms with Gasteiger partial charge in [-0.1, -0.05) is 17.7 Å². The lowest BCUT2D eigenvalue weighted by Gasteiger charge is -2.03. The Hall–Kier alpha value is -0.310. The van der Waals surface area contributed by atoms with E-state index in [1.165, 1.54) is 16.2 Å². The van der Waals surface area contributed by atoms with Gasteiger partial charge in [0.1, 0.15) is 0 Å². The van der Waals surface area contributed by atoms with Crippen molar-refractivity contribution < 1.29 is 0 Å². The van der Waals surface area contributed by atoms with E-state index in [2.05, 4.69) is 27.8 Å². The van der Waals surface area contributed by atoms with Gasteiger partial charge in [0.15, 0.2) is 5.96 Å². The molecule has 0 saturated carbocycles. The summed E-state index contributed by atoms with van der Waals surface area (Å²) in [5, 5.41) is 5.18. The summed E-state index contributed by atoms with van der Waals surface area (Å²) in [4.78, 5) is 6.73. The maximum atomic E-state index is 5.84. The summed E-state index contributed by atoms with van der Waals surface area (Å²) in [6, 6.07) is 8.01. The average molecular weight is 428 g/mol. The second kappa shape index (κ2) is 8.78. The first-order valence-electron chi connectivity index (χ1n) is 5.54. The van der Waals surface area contributed by atoms with Gasteiger partial charge in [0.2, 0.25) is 0 Å². The lowest BCUT2D eigenvalue weighted by molar-refractivity contribution is 0.858. The van der Waals surface area contributed by atoms with Gasteiger partial charge in [-0.15, -0.1) is 46.7 Å². The van der Waals surface area contributed by atoms with E-state index in [0.717, 1.165) is 22.2 Å². The molecule has 0 bridgehead atoms. The molecule has 3 nitrogen and oxygen atoms in total. The van der Waals surface area contributed by atoms with E-state index in [4.69, 9.17) is 17.3 Å². The zero-order valence-corrected chi connectivity index (χ0v) is 14.9. The normalized spacial score (nSPS) is 11.1. The molecule has 0 aliphatic heterocycles. The van der Waals surface area contributed by atoms with E-state index < -0.39 is 0 Å². The van der Waals surface area contributed by atoms with E-state index in [0.29, 0.717) is 12.5 Å². The molecule has 2 aromatic rings. The number of nitrogens with one attached hydrogen (secondary N) is 1. The third kappa shape index (κ3) is 6.11. The van der Waals surface area contributed by atoms with E-state index in [9.17, 15) is 0 Å². The second-order valence-electron chi connectivity index (χ2n) is 3.66. The molecule has 0 amide bonds. The van der Waals surface area contributed by atoms with Crippen molar-refractivity contribution in [1.82, 2.24) is 5.32 Å². The monoisotopic (exact) mass is 427 g/mol. The maximum Gasteiger partial charge on any atom is 0.188 e. The minimum atomic E-state index is 0. The van der Waals surface area contributed by atoms with Crippen molar-refractivity contribution in [2.45, 2.75) is 13.0 Å². The van der Waals surface area contributed by atoms with Crippen LogP contribution in [0.15, 0.2) is 34.6 Å². The Morgan fingerprint density at radius 1 is 1.32 bits per heavy atom. The van der Waals surface area contributed by atoms with Gasteiger partial charge in [-0.25, -0.2) is 4.99 Å². The van der Waals surface area contributed by atoms with Crippen molar-refractivity contribution in [1.29, 1.82) is 0 Å². The number of nitrogens with two attached hydrogens (primary N) is 1. The quantitative estimate of drug-likeness (QED) is 0.434. The Labute approximate surface area is 142 Å². The van der Waals surface area contributed by atoms with Crippen molar-refractivity contribution in [3.63, 3.8) is 0 Å². The molecule has 2 aromatic heterocycles. The SMILES string of the molecule is I.NC(=NCc1ccc(Cl)s1)NCCc1cccs1. The van der Waals surface area contributed by atoms with Gasteiger partial charge in [0.05, 0.1) is 10.9 Å². The number of hydrogen-bond donors (Lipinski definition) is 2. The fourth-order valence-corrected chi connectivity index (χ4v) is 3.15. The highest BCUT2D eigenvalue weighted by Gasteiger charge is 1.98. The Balaban J connectivity index is 0.00000180. The van der Waals surface area contributed by atoms with Gasteiger partial charge in [0, 0.05) is 16.3 Å². The number of thiophene rings is 2. The molecule has 19 heavy (non-hydrogen) atoms. The van der Waals surface area contributed by atoms with Crippen LogP contribution in [0.3, 0.4) is 0 Å². The van der Waals surface area contributed by atoms with Gasteiger partial charge < -0.3 is 11.1 Å². The molecule has 0 saturated heterocycles. The molecule has 7 heteroatoms. The molecular weight excluding hydrogens is 413 g/mol. The summed E-state index contributed by atoms with van der Waals surface area (Å²) >= 11 is 9.12. The molecule has 0 aromatic carbocycles. The molecule has 104 valence electrons. The minimum absolute atomic E-state index is 0. The predicted octanol–water partition coefficient (Wildman–Crippen LogP) is 3.73. The zero-order chi connectivity index (χ0) is 12.8. The minimum Gasteiger partial charge on any atom is -0.370 e. The molecule has 0 spiro atoms. The lowest BCUT2D eigenvalue weighted by Crippen LogP contribution is -2.33. The first kappa shape index (κ1) is 16.7. The Bertz CT molecular complexity index is 511. The van der Waals surface area contributed by atoms with Crippen molar-refractivity contribution in [2.24, 2.45) is 10.7 Å². The van der Waals surface area contributed by atoms with Crippen LogP contribution in [0.1, 0.15) is 9.75 Å². The summed E-state index contributed by atoms with van der Waals surface area (Å²) in [6.07, 6.45) is 0.971. The van der Waals surface area contributed by atoms with Gasteiger partial charge in [-0.05, 0) is 30.0 Å². The third-order valence-electron chi connectivity index (χ3n) is 2.29. The molecule has 0 fully saturated rings. The molecule has 2 rings (SSSR count). The van der Waals surface area contributed by atoms with E-state index in [-0.39, 0.29) is 24.0 Å². The zero-order valence-electron chi connectivity index (χ0n) is 10.1. The van der Waals surface area contributed by atoms with E-state index in [1.807, 2.05) is 12.1 Å². The fourth-order valence-electron chi connectivity index (χ4n) is 1.42. The van der Waals surface area contributed by atoms with Crippen molar-refractivity contribution in [2.75, 3.05) is 6.54 Å². The standard InChI is InChI=1S/C12H14ClN3S2.HI/c13-11-4-3-10(18-11)8-16-12(14)15-6-5-9-2-1-7-17-9;/h1-4,7H,5-6,8H2,(H3,14,15,16);1H. The van der Waals surface area contributed by atoms with Crippen LogP contribution < -0.4 is 11.1 Å². The van der Waals surface area contributed by atoms with E-state index >= 15 is 0 Å². The molecule has 3 N–H and O–H groups in total. The smallest absolute Gasteiger partial charge is 0.188 e. The fraction of sp³-hybridized carbons (Fsp3) is 0.250. The van der Waals surface area contributed by atoms with Crippen molar-refractivity contribution in [3.8, 4) is 0 Å². The van der Waals surface area contributed by atoms with Crippen LogP contribution >= 0.6 is 58.3 Å². The van der Waals surface area contributed by atoms with Crippen LogP contribution in [0.2, 0.25) is 4.34 Å². The number of nitrogens with zero attached hydrogens (tertiary/aromatic N) is 1. The van der Waals surface area contributed by atoms with Gasteiger partial charge in [0.25, 0.3) is 0 Å². The van der Waals surface area contributed by atoms with Gasteiger partial charge in [-0.3, -0.25) is 0 Å². The Kier molecular flexibility index (Phi) is 7.74. The lowest BCUT2D eigenvalue weighted by atomic mass is 10.3. The number of guanidine groups is 1. The Morgan fingerprint density at radius 3 is 2.79 bits per heavy atom. The summed E-state index contributed by atoms with van der Waals surface area (Å²) in [6.45, 7) is 1.39. The molecule has 0 aliphatic carbocycles. The highest BCUT2D eigenvalue weighted by atomic mass is 127. The molecule has 0 atom stereocenters. The number of halogens is 2. The van der Waals surface area contributed by atoms with Crippen molar-refractivity contribution in [3.05, 3.63) is 43.7 Å².